The molecule has 1 aliphatic heterocycles. The highest BCUT2D eigenvalue weighted by molar-refractivity contribution is 6.10. The fraction of sp³-hybridized carbons (Fsp3) is 0.391. The lowest BCUT2D eigenvalue weighted by atomic mass is 10.2. The van der Waals surface area contributed by atoms with E-state index in [0.29, 0.717) is 41.0 Å². The largest absolute Gasteiger partial charge is 0.495 e. The number of aryl methyl sites for hydroxylation is 1. The third-order valence-electron chi connectivity index (χ3n) is 4.96. The van der Waals surface area contributed by atoms with Gasteiger partial charge in [-0.25, -0.2) is 4.99 Å². The first kappa shape index (κ1) is 22.4. The van der Waals surface area contributed by atoms with Crippen molar-refractivity contribution in [3.05, 3.63) is 47.5 Å². The Hall–Kier alpha value is -3.26. The smallest absolute Gasteiger partial charge is 0.258 e. The van der Waals surface area contributed by atoms with Crippen LogP contribution in [0, 0.1) is 6.92 Å². The quantitative estimate of drug-likeness (QED) is 0.520. The second-order valence-corrected chi connectivity index (χ2v) is 7.18. The summed E-state index contributed by atoms with van der Waals surface area (Å²) >= 11 is 0. The Kier molecular flexibility index (Phi) is 7.72. The van der Waals surface area contributed by atoms with E-state index >= 15 is 0 Å². The van der Waals surface area contributed by atoms with Crippen molar-refractivity contribution in [2.75, 3.05) is 39.8 Å². The van der Waals surface area contributed by atoms with Crippen molar-refractivity contribution in [1.29, 1.82) is 0 Å². The Morgan fingerprint density at radius 3 is 2.48 bits per heavy atom. The summed E-state index contributed by atoms with van der Waals surface area (Å²) in [7, 11) is 4.67. The van der Waals surface area contributed by atoms with Gasteiger partial charge in [0, 0.05) is 12.2 Å². The molecule has 1 fully saturated rings. The molecule has 1 atom stereocenters. The highest BCUT2D eigenvalue weighted by atomic mass is 16.5. The van der Waals surface area contributed by atoms with Crippen LogP contribution in [0.25, 0.3) is 0 Å². The lowest BCUT2D eigenvalue weighted by Gasteiger charge is -2.16. The summed E-state index contributed by atoms with van der Waals surface area (Å²) in [5.41, 5.74) is 2.18. The predicted molar refractivity (Wildman–Crippen MR) is 120 cm³/mol. The average molecular weight is 428 g/mol. The number of ether oxygens (including phenoxy) is 4. The third kappa shape index (κ3) is 5.88. The van der Waals surface area contributed by atoms with Gasteiger partial charge in [0.25, 0.3) is 5.91 Å². The molecule has 0 unspecified atom stereocenters. The summed E-state index contributed by atoms with van der Waals surface area (Å²) in [4.78, 5) is 17.5. The lowest BCUT2D eigenvalue weighted by Crippen LogP contribution is -2.37. The van der Waals surface area contributed by atoms with Crippen molar-refractivity contribution in [3.8, 4) is 17.2 Å². The third-order valence-corrected chi connectivity index (χ3v) is 4.96. The van der Waals surface area contributed by atoms with Gasteiger partial charge >= 0.3 is 0 Å². The number of nitrogens with one attached hydrogen (secondary N) is 2. The molecule has 1 amide bonds. The Morgan fingerprint density at radius 1 is 1.06 bits per heavy atom. The van der Waals surface area contributed by atoms with Gasteiger partial charge in [0.15, 0.2) is 11.5 Å². The van der Waals surface area contributed by atoms with Crippen LogP contribution in [0.1, 0.15) is 28.8 Å². The molecule has 2 aromatic carbocycles. The number of amides is 1. The molecule has 2 N–H and O–H groups in total. The lowest BCUT2D eigenvalue weighted by molar-refractivity contribution is 0.0975. The number of methoxy groups -OCH3 is 3. The molecule has 31 heavy (non-hydrogen) atoms. The number of benzene rings is 2. The summed E-state index contributed by atoms with van der Waals surface area (Å²) in [6, 6.07) is 10.7. The maximum Gasteiger partial charge on any atom is 0.258 e. The van der Waals surface area contributed by atoms with Crippen LogP contribution in [0.3, 0.4) is 0 Å². The van der Waals surface area contributed by atoms with Crippen molar-refractivity contribution in [1.82, 2.24) is 5.32 Å². The van der Waals surface area contributed by atoms with E-state index in [-0.39, 0.29) is 12.0 Å². The van der Waals surface area contributed by atoms with Crippen LogP contribution in [-0.2, 0) is 4.74 Å². The Morgan fingerprint density at radius 2 is 1.81 bits per heavy atom. The average Bonchev–Trinajstić information content (AvgIpc) is 3.30. The zero-order chi connectivity index (χ0) is 22.2. The SMILES string of the molecule is COc1ccc(C)cc1NC(=NC[C@@H]1CCCO1)NC(=O)c1ccc(OC)c(OC)c1. The Balaban J connectivity index is 1.83. The Bertz CT molecular complexity index is 939. The zero-order valence-electron chi connectivity index (χ0n) is 18.4. The molecule has 0 bridgehead atoms. The number of rotatable bonds is 7. The van der Waals surface area contributed by atoms with Crippen molar-refractivity contribution in [2.24, 2.45) is 4.99 Å². The molecule has 0 aromatic heterocycles. The number of carbonyl (C=O) groups is 1. The minimum atomic E-state index is -0.328. The van der Waals surface area contributed by atoms with Gasteiger partial charge in [0.2, 0.25) is 5.96 Å². The van der Waals surface area contributed by atoms with Crippen molar-refractivity contribution >= 4 is 17.6 Å². The molecule has 1 saturated heterocycles. The molecule has 3 rings (SSSR count). The Labute approximate surface area is 182 Å². The minimum absolute atomic E-state index is 0.0502. The first-order valence-corrected chi connectivity index (χ1v) is 10.1. The van der Waals surface area contributed by atoms with Gasteiger partial charge in [-0.05, 0) is 55.7 Å². The van der Waals surface area contributed by atoms with Gasteiger partial charge in [-0.2, -0.15) is 0 Å². The van der Waals surface area contributed by atoms with Crippen molar-refractivity contribution < 1.29 is 23.7 Å². The molecule has 8 heteroatoms. The minimum Gasteiger partial charge on any atom is -0.495 e. The predicted octanol–water partition coefficient (Wildman–Crippen LogP) is 3.40. The van der Waals surface area contributed by atoms with Crippen LogP contribution in [0.2, 0.25) is 0 Å². The maximum atomic E-state index is 12.9. The molecule has 166 valence electrons. The first-order valence-electron chi connectivity index (χ1n) is 10.1. The molecule has 1 aliphatic rings. The van der Waals surface area contributed by atoms with E-state index in [4.69, 9.17) is 18.9 Å². The van der Waals surface area contributed by atoms with Gasteiger partial charge in [-0.1, -0.05) is 6.07 Å². The highest BCUT2D eigenvalue weighted by Gasteiger charge is 2.17. The summed E-state index contributed by atoms with van der Waals surface area (Å²) in [5.74, 6) is 1.66. The molecule has 0 aliphatic carbocycles. The van der Waals surface area contributed by atoms with Crippen molar-refractivity contribution in [2.45, 2.75) is 25.9 Å². The number of anilines is 1. The van der Waals surface area contributed by atoms with E-state index in [1.54, 1.807) is 32.4 Å². The number of carbonyl (C=O) groups excluding carboxylic acids is 1. The van der Waals surface area contributed by atoms with Crippen LogP contribution < -0.4 is 24.8 Å². The molecule has 8 nitrogen and oxygen atoms in total. The molecule has 1 heterocycles. The molecular formula is C23H29N3O5. The van der Waals surface area contributed by atoms with Gasteiger partial charge in [-0.3, -0.25) is 10.1 Å². The van der Waals surface area contributed by atoms with E-state index in [1.165, 1.54) is 7.11 Å². The molecular weight excluding hydrogens is 398 g/mol. The number of hydrogen-bond acceptors (Lipinski definition) is 6. The van der Waals surface area contributed by atoms with Crippen LogP contribution in [0.4, 0.5) is 5.69 Å². The summed E-state index contributed by atoms with van der Waals surface area (Å²) in [5, 5.41) is 6.05. The topological polar surface area (TPSA) is 90.4 Å². The summed E-state index contributed by atoms with van der Waals surface area (Å²) in [6.07, 6.45) is 2.02. The fourth-order valence-electron chi connectivity index (χ4n) is 3.30. The van der Waals surface area contributed by atoms with Gasteiger partial charge in [0.05, 0.1) is 39.7 Å². The van der Waals surface area contributed by atoms with Crippen LogP contribution in [0.5, 0.6) is 17.2 Å². The van der Waals surface area contributed by atoms with Crippen LogP contribution in [0.15, 0.2) is 41.4 Å². The maximum absolute atomic E-state index is 12.9. The summed E-state index contributed by atoms with van der Waals surface area (Å²) < 4.78 is 21.6. The standard InChI is InChI=1S/C23H29N3O5/c1-15-7-9-19(28-2)18(12-15)25-23(24-14-17-6-5-11-31-17)26-22(27)16-8-10-20(29-3)21(13-16)30-4/h7-10,12-13,17H,5-6,11,14H2,1-4H3,(H2,24,25,26,27)/t17-/m0/s1. The first-order chi connectivity index (χ1) is 15.0. The highest BCUT2D eigenvalue weighted by Crippen LogP contribution is 2.28. The molecule has 0 saturated carbocycles. The number of aliphatic imine (C=N–C) groups is 1. The zero-order valence-corrected chi connectivity index (χ0v) is 18.4. The normalized spacial score (nSPS) is 16.0. The van der Waals surface area contributed by atoms with Crippen LogP contribution >= 0.6 is 0 Å². The van der Waals surface area contributed by atoms with Gasteiger partial charge < -0.3 is 24.3 Å². The summed E-state index contributed by atoms with van der Waals surface area (Å²) in [6.45, 7) is 3.17. The van der Waals surface area contributed by atoms with Crippen LogP contribution in [-0.4, -0.2) is 52.5 Å². The molecule has 2 aromatic rings. The van der Waals surface area contributed by atoms with E-state index in [2.05, 4.69) is 15.6 Å². The second-order valence-electron chi connectivity index (χ2n) is 7.18. The van der Waals surface area contributed by atoms with Gasteiger partial charge in [0.1, 0.15) is 5.75 Å². The van der Waals surface area contributed by atoms with E-state index < -0.39 is 0 Å². The number of hydrogen-bond donors (Lipinski definition) is 2. The fourth-order valence-corrected chi connectivity index (χ4v) is 3.30. The van der Waals surface area contributed by atoms with Gasteiger partial charge in [-0.15, -0.1) is 0 Å². The molecule has 0 radical (unpaired) electrons. The van der Waals surface area contributed by atoms with E-state index in [1.807, 2.05) is 25.1 Å². The monoisotopic (exact) mass is 427 g/mol. The number of guanidine groups is 1. The number of nitrogens with zero attached hydrogens (tertiary/aromatic N) is 1. The van der Waals surface area contributed by atoms with E-state index in [0.717, 1.165) is 25.0 Å². The van der Waals surface area contributed by atoms with Crippen molar-refractivity contribution in [3.63, 3.8) is 0 Å². The molecule has 0 spiro atoms. The second kappa shape index (κ2) is 10.7. The van der Waals surface area contributed by atoms with E-state index in [9.17, 15) is 4.79 Å².